The van der Waals surface area contributed by atoms with Crippen LogP contribution in [0.2, 0.25) is 0 Å². The second-order valence-corrected chi connectivity index (χ2v) is 4.00. The van der Waals surface area contributed by atoms with E-state index in [2.05, 4.69) is 22.7 Å². The van der Waals surface area contributed by atoms with Gasteiger partial charge in [-0.05, 0) is 13.8 Å². The minimum atomic E-state index is 0.00649. The standard InChI is InChI=1S/C11H20N4O/c1-8(12-5-6-13-10(3)16)11-7-15(4)14-9(11)2/h7-8,12H,5-6H2,1-4H3,(H,13,16). The molecule has 0 radical (unpaired) electrons. The Morgan fingerprint density at radius 1 is 1.56 bits per heavy atom. The van der Waals surface area contributed by atoms with Crippen molar-refractivity contribution in [3.63, 3.8) is 0 Å². The summed E-state index contributed by atoms with van der Waals surface area (Å²) in [5.41, 5.74) is 2.24. The van der Waals surface area contributed by atoms with Crippen molar-refractivity contribution in [1.29, 1.82) is 0 Å². The first kappa shape index (κ1) is 12.7. The molecule has 0 aliphatic rings. The van der Waals surface area contributed by atoms with Crippen LogP contribution in [0.1, 0.15) is 31.1 Å². The van der Waals surface area contributed by atoms with E-state index in [1.54, 1.807) is 0 Å². The van der Waals surface area contributed by atoms with E-state index in [1.165, 1.54) is 12.5 Å². The van der Waals surface area contributed by atoms with Gasteiger partial charge in [0.1, 0.15) is 0 Å². The number of aryl methyl sites for hydroxylation is 2. The molecule has 0 aromatic carbocycles. The summed E-state index contributed by atoms with van der Waals surface area (Å²) in [4.78, 5) is 10.7. The van der Waals surface area contributed by atoms with Gasteiger partial charge in [-0.25, -0.2) is 0 Å². The fourth-order valence-electron chi connectivity index (χ4n) is 1.68. The molecule has 1 atom stereocenters. The van der Waals surface area contributed by atoms with E-state index in [-0.39, 0.29) is 11.9 Å². The van der Waals surface area contributed by atoms with Gasteiger partial charge in [-0.2, -0.15) is 5.10 Å². The summed E-state index contributed by atoms with van der Waals surface area (Å²) in [6.07, 6.45) is 2.02. The van der Waals surface area contributed by atoms with Gasteiger partial charge in [0.15, 0.2) is 0 Å². The summed E-state index contributed by atoms with van der Waals surface area (Å²) in [7, 11) is 1.92. The summed E-state index contributed by atoms with van der Waals surface area (Å²) in [6.45, 7) is 7.03. The Balaban J connectivity index is 2.38. The second kappa shape index (κ2) is 5.65. The zero-order valence-electron chi connectivity index (χ0n) is 10.4. The smallest absolute Gasteiger partial charge is 0.216 e. The quantitative estimate of drug-likeness (QED) is 0.717. The first-order valence-electron chi connectivity index (χ1n) is 5.48. The fourth-order valence-corrected chi connectivity index (χ4v) is 1.68. The zero-order chi connectivity index (χ0) is 12.1. The van der Waals surface area contributed by atoms with E-state index in [0.717, 1.165) is 12.2 Å². The van der Waals surface area contributed by atoms with E-state index in [4.69, 9.17) is 0 Å². The van der Waals surface area contributed by atoms with Crippen LogP contribution >= 0.6 is 0 Å². The largest absolute Gasteiger partial charge is 0.355 e. The van der Waals surface area contributed by atoms with Crippen LogP contribution in [0, 0.1) is 6.92 Å². The molecular weight excluding hydrogens is 204 g/mol. The van der Waals surface area contributed by atoms with Gasteiger partial charge in [0.25, 0.3) is 0 Å². The molecule has 16 heavy (non-hydrogen) atoms. The number of hydrogen-bond acceptors (Lipinski definition) is 3. The molecule has 0 aliphatic heterocycles. The topological polar surface area (TPSA) is 59.0 Å². The van der Waals surface area contributed by atoms with E-state index in [1.807, 2.05) is 24.9 Å². The van der Waals surface area contributed by atoms with Gasteiger partial charge in [-0.3, -0.25) is 9.48 Å². The van der Waals surface area contributed by atoms with E-state index in [9.17, 15) is 4.79 Å². The predicted molar refractivity (Wildman–Crippen MR) is 63.0 cm³/mol. The number of hydrogen-bond donors (Lipinski definition) is 2. The predicted octanol–water partition coefficient (Wildman–Crippen LogP) is 0.515. The molecular formula is C11H20N4O. The third kappa shape index (κ3) is 3.66. The highest BCUT2D eigenvalue weighted by molar-refractivity contribution is 5.72. The Kier molecular flexibility index (Phi) is 4.49. The molecule has 0 saturated carbocycles. The summed E-state index contributed by atoms with van der Waals surface area (Å²) >= 11 is 0. The van der Waals surface area contributed by atoms with Crippen LogP contribution in [0.4, 0.5) is 0 Å². The van der Waals surface area contributed by atoms with E-state index < -0.39 is 0 Å². The minimum Gasteiger partial charge on any atom is -0.355 e. The number of carbonyl (C=O) groups is 1. The van der Waals surface area contributed by atoms with Crippen molar-refractivity contribution in [3.05, 3.63) is 17.5 Å². The molecule has 0 spiro atoms. The molecule has 0 saturated heterocycles. The van der Waals surface area contributed by atoms with Gasteiger partial charge in [0, 0.05) is 44.9 Å². The Bertz CT molecular complexity index is 359. The summed E-state index contributed by atoms with van der Waals surface area (Å²) < 4.78 is 1.82. The van der Waals surface area contributed by atoms with Crippen molar-refractivity contribution in [2.45, 2.75) is 26.8 Å². The van der Waals surface area contributed by atoms with Crippen molar-refractivity contribution < 1.29 is 4.79 Å². The molecule has 0 bridgehead atoms. The lowest BCUT2D eigenvalue weighted by Crippen LogP contribution is -2.31. The zero-order valence-corrected chi connectivity index (χ0v) is 10.4. The highest BCUT2D eigenvalue weighted by Crippen LogP contribution is 2.14. The third-order valence-corrected chi connectivity index (χ3v) is 2.47. The van der Waals surface area contributed by atoms with Gasteiger partial charge < -0.3 is 10.6 Å². The molecule has 0 aliphatic carbocycles. The Morgan fingerprint density at radius 2 is 2.25 bits per heavy atom. The van der Waals surface area contributed by atoms with Gasteiger partial charge >= 0.3 is 0 Å². The van der Waals surface area contributed by atoms with E-state index >= 15 is 0 Å². The average Bonchev–Trinajstić information content (AvgIpc) is 2.52. The van der Waals surface area contributed by atoms with Crippen molar-refractivity contribution >= 4 is 5.91 Å². The van der Waals surface area contributed by atoms with Gasteiger partial charge in [0.2, 0.25) is 5.91 Å². The van der Waals surface area contributed by atoms with Crippen LogP contribution in [0.3, 0.4) is 0 Å². The lowest BCUT2D eigenvalue weighted by atomic mass is 10.1. The number of nitrogens with one attached hydrogen (secondary N) is 2. The second-order valence-electron chi connectivity index (χ2n) is 4.00. The lowest BCUT2D eigenvalue weighted by Gasteiger charge is -2.13. The summed E-state index contributed by atoms with van der Waals surface area (Å²) in [6, 6.07) is 0.252. The molecule has 1 unspecified atom stereocenters. The maximum absolute atomic E-state index is 10.7. The maximum atomic E-state index is 10.7. The first-order chi connectivity index (χ1) is 7.50. The first-order valence-corrected chi connectivity index (χ1v) is 5.48. The molecule has 1 amide bonds. The molecule has 0 fully saturated rings. The van der Waals surface area contributed by atoms with Crippen LogP contribution in [0.5, 0.6) is 0 Å². The lowest BCUT2D eigenvalue weighted by molar-refractivity contribution is -0.118. The monoisotopic (exact) mass is 224 g/mol. The van der Waals surface area contributed by atoms with Gasteiger partial charge in [0.05, 0.1) is 5.69 Å². The molecule has 2 N–H and O–H groups in total. The van der Waals surface area contributed by atoms with Crippen LogP contribution in [-0.4, -0.2) is 28.8 Å². The SMILES string of the molecule is CC(=O)NCCNC(C)c1cn(C)nc1C. The van der Waals surface area contributed by atoms with Crippen molar-refractivity contribution in [3.8, 4) is 0 Å². The minimum absolute atomic E-state index is 0.00649. The van der Waals surface area contributed by atoms with Crippen LogP contribution in [0.15, 0.2) is 6.20 Å². The molecule has 5 nitrogen and oxygen atoms in total. The van der Waals surface area contributed by atoms with Crippen molar-refractivity contribution in [2.24, 2.45) is 7.05 Å². The average molecular weight is 224 g/mol. The van der Waals surface area contributed by atoms with Crippen molar-refractivity contribution in [1.82, 2.24) is 20.4 Å². The third-order valence-electron chi connectivity index (χ3n) is 2.47. The Labute approximate surface area is 96.2 Å². The maximum Gasteiger partial charge on any atom is 0.216 e. The van der Waals surface area contributed by atoms with Crippen LogP contribution < -0.4 is 10.6 Å². The highest BCUT2D eigenvalue weighted by atomic mass is 16.1. The molecule has 1 heterocycles. The Morgan fingerprint density at radius 3 is 2.75 bits per heavy atom. The molecule has 5 heteroatoms. The number of aromatic nitrogens is 2. The Hall–Kier alpha value is -1.36. The summed E-state index contributed by atoms with van der Waals surface area (Å²) in [5, 5.41) is 10.4. The number of carbonyl (C=O) groups excluding carboxylic acids is 1. The molecule has 1 aromatic heterocycles. The highest BCUT2D eigenvalue weighted by Gasteiger charge is 2.10. The summed E-state index contributed by atoms with van der Waals surface area (Å²) in [5.74, 6) is 0.00649. The van der Waals surface area contributed by atoms with Crippen molar-refractivity contribution in [2.75, 3.05) is 13.1 Å². The molecule has 1 aromatic rings. The van der Waals surface area contributed by atoms with Crippen LogP contribution in [-0.2, 0) is 11.8 Å². The fraction of sp³-hybridized carbons (Fsp3) is 0.636. The number of amides is 1. The van der Waals surface area contributed by atoms with E-state index in [0.29, 0.717) is 6.54 Å². The number of nitrogens with zero attached hydrogens (tertiary/aromatic N) is 2. The normalized spacial score (nSPS) is 12.5. The molecule has 90 valence electrons. The van der Waals surface area contributed by atoms with Crippen LogP contribution in [0.25, 0.3) is 0 Å². The van der Waals surface area contributed by atoms with Gasteiger partial charge in [-0.1, -0.05) is 0 Å². The van der Waals surface area contributed by atoms with Gasteiger partial charge in [-0.15, -0.1) is 0 Å². The number of rotatable bonds is 5. The molecule has 1 rings (SSSR count).